The Labute approximate surface area is 171 Å². The summed E-state index contributed by atoms with van der Waals surface area (Å²) < 4.78 is 5.43. The van der Waals surface area contributed by atoms with Crippen molar-refractivity contribution in [3.05, 3.63) is 76.6 Å². The number of hydrogen-bond donors (Lipinski definition) is 1. The average molecular weight is 393 g/mol. The van der Waals surface area contributed by atoms with E-state index in [1.165, 1.54) is 0 Å². The number of ketones is 1. The van der Waals surface area contributed by atoms with Crippen LogP contribution in [-0.4, -0.2) is 28.8 Å². The molecule has 1 heterocycles. The zero-order chi connectivity index (χ0) is 21.1. The molecule has 1 N–H and O–H groups in total. The van der Waals surface area contributed by atoms with Crippen molar-refractivity contribution in [2.24, 2.45) is 5.92 Å². The Bertz CT molecular complexity index is 961. The van der Waals surface area contributed by atoms with Crippen LogP contribution in [0.25, 0.3) is 0 Å². The Hall–Kier alpha value is -3.08. The van der Waals surface area contributed by atoms with Gasteiger partial charge in [0.15, 0.2) is 11.5 Å². The number of ether oxygens (including phenoxy) is 1. The highest BCUT2D eigenvalue weighted by atomic mass is 16.5. The van der Waals surface area contributed by atoms with Crippen molar-refractivity contribution in [2.75, 3.05) is 7.11 Å². The first-order valence-corrected chi connectivity index (χ1v) is 9.79. The maximum absolute atomic E-state index is 13.0. The van der Waals surface area contributed by atoms with E-state index in [0.717, 1.165) is 16.7 Å². The SMILES string of the molecule is COc1ccccc1CN1C(=O)C(O)=C(C(=O)CC(C)C)C1c1ccccc1C. The van der Waals surface area contributed by atoms with Gasteiger partial charge in [0.2, 0.25) is 0 Å². The Kier molecular flexibility index (Phi) is 6.06. The molecule has 0 bridgehead atoms. The van der Waals surface area contributed by atoms with Crippen molar-refractivity contribution in [2.45, 2.75) is 39.8 Å². The molecule has 1 aliphatic heterocycles. The van der Waals surface area contributed by atoms with E-state index in [4.69, 9.17) is 4.74 Å². The smallest absolute Gasteiger partial charge is 0.290 e. The van der Waals surface area contributed by atoms with Gasteiger partial charge in [-0.25, -0.2) is 0 Å². The molecule has 1 atom stereocenters. The van der Waals surface area contributed by atoms with E-state index < -0.39 is 17.7 Å². The van der Waals surface area contributed by atoms with Gasteiger partial charge in [-0.05, 0) is 30.0 Å². The van der Waals surface area contributed by atoms with E-state index >= 15 is 0 Å². The summed E-state index contributed by atoms with van der Waals surface area (Å²) in [5.74, 6) is -0.388. The van der Waals surface area contributed by atoms with E-state index in [2.05, 4.69) is 0 Å². The summed E-state index contributed by atoms with van der Waals surface area (Å²) in [5.41, 5.74) is 2.80. The Morgan fingerprint density at radius 1 is 1.14 bits per heavy atom. The molecule has 1 amide bonds. The number of benzene rings is 2. The number of amides is 1. The Morgan fingerprint density at radius 3 is 2.45 bits per heavy atom. The van der Waals surface area contributed by atoms with Crippen molar-refractivity contribution in [3.8, 4) is 5.75 Å². The lowest BCUT2D eigenvalue weighted by molar-refractivity contribution is -0.130. The lowest BCUT2D eigenvalue weighted by atomic mass is 9.90. The molecule has 5 nitrogen and oxygen atoms in total. The third kappa shape index (κ3) is 4.04. The van der Waals surface area contributed by atoms with E-state index in [-0.39, 0.29) is 30.2 Å². The van der Waals surface area contributed by atoms with Crippen LogP contribution in [0.4, 0.5) is 0 Å². The van der Waals surface area contributed by atoms with Gasteiger partial charge in [-0.3, -0.25) is 9.59 Å². The molecule has 0 radical (unpaired) electrons. The molecule has 0 aromatic heterocycles. The summed E-state index contributed by atoms with van der Waals surface area (Å²) in [7, 11) is 1.58. The lowest BCUT2D eigenvalue weighted by Gasteiger charge is -2.28. The molecule has 0 spiro atoms. The summed E-state index contributed by atoms with van der Waals surface area (Å²) in [6, 6.07) is 14.5. The van der Waals surface area contributed by atoms with Gasteiger partial charge in [0.25, 0.3) is 5.91 Å². The van der Waals surface area contributed by atoms with E-state index in [1.807, 2.05) is 69.3 Å². The van der Waals surface area contributed by atoms with Crippen LogP contribution < -0.4 is 4.74 Å². The first kappa shape index (κ1) is 20.6. The standard InChI is InChI=1S/C24H27NO4/c1-15(2)13-19(26)21-22(18-11-7-5-9-16(18)3)25(24(28)23(21)27)14-17-10-6-8-12-20(17)29-4/h5-12,15,22,27H,13-14H2,1-4H3. The maximum atomic E-state index is 13.0. The molecule has 2 aromatic rings. The van der Waals surface area contributed by atoms with Crippen LogP contribution >= 0.6 is 0 Å². The molecule has 0 fully saturated rings. The number of nitrogens with zero attached hydrogens (tertiary/aromatic N) is 1. The van der Waals surface area contributed by atoms with Gasteiger partial charge in [0.05, 0.1) is 25.3 Å². The second-order valence-electron chi connectivity index (χ2n) is 7.79. The number of para-hydroxylation sites is 1. The highest BCUT2D eigenvalue weighted by Gasteiger charge is 2.44. The number of hydrogen-bond acceptors (Lipinski definition) is 4. The molecule has 29 heavy (non-hydrogen) atoms. The molecular weight excluding hydrogens is 366 g/mol. The summed E-state index contributed by atoms with van der Waals surface area (Å²) in [5, 5.41) is 10.7. The highest BCUT2D eigenvalue weighted by Crippen LogP contribution is 2.41. The third-order valence-electron chi connectivity index (χ3n) is 5.21. The van der Waals surface area contributed by atoms with Crippen molar-refractivity contribution in [1.82, 2.24) is 4.90 Å². The highest BCUT2D eigenvalue weighted by molar-refractivity contribution is 6.09. The largest absolute Gasteiger partial charge is 0.503 e. The Morgan fingerprint density at radius 2 is 1.79 bits per heavy atom. The molecule has 1 unspecified atom stereocenters. The van der Waals surface area contributed by atoms with Crippen LogP contribution in [0.15, 0.2) is 59.9 Å². The average Bonchev–Trinajstić information content (AvgIpc) is 2.93. The van der Waals surface area contributed by atoms with E-state index in [9.17, 15) is 14.7 Å². The quantitative estimate of drug-likeness (QED) is 0.751. The third-order valence-corrected chi connectivity index (χ3v) is 5.21. The zero-order valence-corrected chi connectivity index (χ0v) is 17.3. The van der Waals surface area contributed by atoms with Crippen LogP contribution in [0, 0.1) is 12.8 Å². The molecule has 152 valence electrons. The van der Waals surface area contributed by atoms with Gasteiger partial charge in [0, 0.05) is 12.0 Å². The second-order valence-corrected chi connectivity index (χ2v) is 7.79. The van der Waals surface area contributed by atoms with Crippen molar-refractivity contribution in [1.29, 1.82) is 0 Å². The monoisotopic (exact) mass is 393 g/mol. The van der Waals surface area contributed by atoms with Crippen LogP contribution in [0.3, 0.4) is 0 Å². The number of Topliss-reactive ketones (excluding diaryl/α,β-unsaturated/α-hetero) is 1. The van der Waals surface area contributed by atoms with Crippen molar-refractivity contribution >= 4 is 11.7 Å². The second kappa shape index (κ2) is 8.52. The molecule has 5 heteroatoms. The molecular formula is C24H27NO4. The van der Waals surface area contributed by atoms with Gasteiger partial charge in [0.1, 0.15) is 5.75 Å². The predicted octanol–water partition coefficient (Wildman–Crippen LogP) is 4.51. The topological polar surface area (TPSA) is 66.8 Å². The van der Waals surface area contributed by atoms with Gasteiger partial charge >= 0.3 is 0 Å². The predicted molar refractivity (Wildman–Crippen MR) is 112 cm³/mol. The Balaban J connectivity index is 2.09. The molecule has 0 saturated heterocycles. The first-order chi connectivity index (χ1) is 13.8. The fourth-order valence-corrected chi connectivity index (χ4v) is 3.82. The maximum Gasteiger partial charge on any atom is 0.290 e. The van der Waals surface area contributed by atoms with Crippen LogP contribution in [-0.2, 0) is 16.1 Å². The molecule has 2 aromatic carbocycles. The molecule has 0 saturated carbocycles. The van der Waals surface area contributed by atoms with Crippen molar-refractivity contribution in [3.63, 3.8) is 0 Å². The van der Waals surface area contributed by atoms with Gasteiger partial charge < -0.3 is 14.7 Å². The number of rotatable bonds is 7. The number of carbonyl (C=O) groups is 2. The van der Waals surface area contributed by atoms with Crippen LogP contribution in [0.5, 0.6) is 5.75 Å². The summed E-state index contributed by atoms with van der Waals surface area (Å²) in [6.45, 7) is 6.06. The fraction of sp³-hybridized carbons (Fsp3) is 0.333. The number of aryl methyl sites for hydroxylation is 1. The number of aliphatic hydroxyl groups excluding tert-OH is 1. The minimum absolute atomic E-state index is 0.124. The number of carbonyl (C=O) groups excluding carboxylic acids is 2. The number of aliphatic hydroxyl groups is 1. The van der Waals surface area contributed by atoms with Gasteiger partial charge in [-0.2, -0.15) is 0 Å². The first-order valence-electron chi connectivity index (χ1n) is 9.79. The normalized spacial score (nSPS) is 16.7. The van der Waals surface area contributed by atoms with E-state index in [0.29, 0.717) is 5.75 Å². The van der Waals surface area contributed by atoms with Gasteiger partial charge in [-0.1, -0.05) is 56.3 Å². The number of methoxy groups -OCH3 is 1. The minimum Gasteiger partial charge on any atom is -0.503 e. The zero-order valence-electron chi connectivity index (χ0n) is 17.3. The van der Waals surface area contributed by atoms with E-state index in [1.54, 1.807) is 12.0 Å². The minimum atomic E-state index is -0.625. The summed E-state index contributed by atoms with van der Waals surface area (Å²) >= 11 is 0. The molecule has 3 rings (SSSR count). The summed E-state index contributed by atoms with van der Waals surface area (Å²) in [4.78, 5) is 27.6. The fourth-order valence-electron chi connectivity index (χ4n) is 3.82. The van der Waals surface area contributed by atoms with Gasteiger partial charge in [-0.15, -0.1) is 0 Å². The van der Waals surface area contributed by atoms with Crippen LogP contribution in [0.1, 0.15) is 43.0 Å². The molecule has 1 aliphatic rings. The van der Waals surface area contributed by atoms with Crippen LogP contribution in [0.2, 0.25) is 0 Å². The van der Waals surface area contributed by atoms with Crippen molar-refractivity contribution < 1.29 is 19.4 Å². The molecule has 0 aliphatic carbocycles. The summed E-state index contributed by atoms with van der Waals surface area (Å²) in [6.07, 6.45) is 0.275. The lowest BCUT2D eigenvalue weighted by Crippen LogP contribution is -2.31.